The smallest absolute Gasteiger partial charge is 0.243 e. The first-order valence-electron chi connectivity index (χ1n) is 29.4. The quantitative estimate of drug-likeness (QED) is 0.135. The van der Waals surface area contributed by atoms with E-state index in [9.17, 15) is 50.5 Å². The van der Waals surface area contributed by atoms with Gasteiger partial charge in [-0.05, 0) is 114 Å². The minimum atomic E-state index is -4.42. The Hall–Kier alpha value is -5.38. The fourth-order valence-corrected chi connectivity index (χ4v) is 18.0. The van der Waals surface area contributed by atoms with Gasteiger partial charge in [0, 0.05) is 78.5 Å². The third-order valence-corrected chi connectivity index (χ3v) is 26.5. The Bertz CT molecular complexity index is 3530. The van der Waals surface area contributed by atoms with E-state index in [0.717, 1.165) is 59.2 Å². The molecule has 0 bridgehead atoms. The average molecular weight is 1360 g/mol. The van der Waals surface area contributed by atoms with Crippen molar-refractivity contribution in [2.45, 2.75) is 70.9 Å². The summed E-state index contributed by atoms with van der Waals surface area (Å²) in [7, 11) is -26.1. The number of sulfonamides is 6. The van der Waals surface area contributed by atoms with Crippen LogP contribution in [-0.4, -0.2) is 208 Å². The Kier molecular flexibility index (Phi) is 26.0. The monoisotopic (exact) mass is 1360 g/mol. The van der Waals surface area contributed by atoms with E-state index in [-0.39, 0.29) is 135 Å². The van der Waals surface area contributed by atoms with Crippen molar-refractivity contribution >= 4 is 60.1 Å². The van der Waals surface area contributed by atoms with Crippen LogP contribution in [0.3, 0.4) is 0 Å². The molecular formula is C62H82N6O16S6. The maximum atomic E-state index is 14.7. The largest absolute Gasteiger partial charge is 0.378 e. The van der Waals surface area contributed by atoms with E-state index in [1.54, 1.807) is 114 Å². The number of benzene rings is 6. The maximum Gasteiger partial charge on any atom is 0.243 e. The molecule has 7 rings (SSSR count). The lowest BCUT2D eigenvalue weighted by molar-refractivity contribution is 0.0403. The molecule has 0 radical (unpaired) electrons. The van der Waals surface area contributed by atoms with E-state index >= 15 is 0 Å². The Morgan fingerprint density at radius 2 is 0.322 bits per heavy atom. The van der Waals surface area contributed by atoms with E-state index in [1.807, 2.05) is 0 Å². The number of ether oxygens (including phenoxy) is 4. The van der Waals surface area contributed by atoms with E-state index in [4.69, 9.17) is 18.9 Å². The summed E-state index contributed by atoms with van der Waals surface area (Å²) < 4.78 is 205. The van der Waals surface area contributed by atoms with E-state index in [2.05, 4.69) is 0 Å². The SMILES string of the molecule is Cc1ccc(S(=O)(=O)N2CCOCCOCCN(S(=O)(=O)c3ccc(C)cc3)CCN(S(=O)(=O)c3ccc(C)cc3)CCN(S(=O)(=O)c3ccc(C)cc3)CCOCCOCCN(S(=O)(=O)c3ccc(C)cc3)CCN(S(=O)(=O)c3ccc(C)cc3)CC2)cc1. The Labute approximate surface area is 533 Å². The van der Waals surface area contributed by atoms with Crippen molar-refractivity contribution in [3.05, 3.63) is 179 Å². The standard InChI is InChI=1S/C62H82N6O16S6/c1-51-7-19-57(20-8-51)85(69,70)63-31-35-65(87(73,74)59-23-11-53(3)12-24-59)39-43-81-47-49-83-45-41-67(89(77,78)61-27-15-55(5)16-28-61)37-33-64(86(71,72)58-21-9-52(2)10-22-58)34-38-68(90(79,80)62-29-17-56(6)18-30-62)42-46-84-50-48-82-44-40-66(36-32-63)88(75,76)60-25-13-54(4)14-26-60/h7-30H,31-50H2,1-6H3. The molecule has 0 N–H and O–H groups in total. The lowest BCUT2D eigenvalue weighted by atomic mass is 10.2. The molecule has 90 heavy (non-hydrogen) atoms. The second kappa shape index (κ2) is 32.5. The molecule has 1 fully saturated rings. The number of nitrogens with zero attached hydrogens (tertiary/aromatic N) is 6. The topological polar surface area (TPSA) is 261 Å². The summed E-state index contributed by atoms with van der Waals surface area (Å²) in [6, 6.07) is 36.8. The van der Waals surface area contributed by atoms with Gasteiger partial charge in [0.2, 0.25) is 60.1 Å². The summed E-state index contributed by atoms with van der Waals surface area (Å²) in [5.74, 6) is 0. The van der Waals surface area contributed by atoms with Gasteiger partial charge in [0.25, 0.3) is 0 Å². The van der Waals surface area contributed by atoms with Crippen molar-refractivity contribution in [1.29, 1.82) is 0 Å². The van der Waals surface area contributed by atoms with E-state index in [1.165, 1.54) is 72.8 Å². The van der Waals surface area contributed by atoms with Crippen LogP contribution in [0.25, 0.3) is 0 Å². The average Bonchev–Trinajstić information content (AvgIpc) is 1.25. The zero-order chi connectivity index (χ0) is 65.3. The van der Waals surface area contributed by atoms with Gasteiger partial charge in [0.05, 0.1) is 82.2 Å². The van der Waals surface area contributed by atoms with Crippen LogP contribution in [0, 0.1) is 41.5 Å². The zero-order valence-electron chi connectivity index (χ0n) is 51.7. The second-order valence-electron chi connectivity index (χ2n) is 21.8. The molecule has 1 heterocycles. The lowest BCUT2D eigenvalue weighted by Gasteiger charge is -2.30. The van der Waals surface area contributed by atoms with Crippen LogP contribution in [-0.2, 0) is 79.1 Å². The summed E-state index contributed by atoms with van der Waals surface area (Å²) in [5, 5.41) is 0. The molecular weight excluding hydrogens is 1280 g/mol. The highest BCUT2D eigenvalue weighted by molar-refractivity contribution is 7.90. The molecule has 1 aliphatic rings. The highest BCUT2D eigenvalue weighted by Crippen LogP contribution is 2.25. The molecule has 6 aromatic carbocycles. The molecule has 0 amide bonds. The van der Waals surface area contributed by atoms with Gasteiger partial charge < -0.3 is 18.9 Å². The van der Waals surface area contributed by atoms with Gasteiger partial charge in [-0.3, -0.25) is 0 Å². The third kappa shape index (κ3) is 19.4. The van der Waals surface area contributed by atoms with Crippen LogP contribution in [0.2, 0.25) is 0 Å². The first-order valence-corrected chi connectivity index (χ1v) is 38.0. The summed E-state index contributed by atoms with van der Waals surface area (Å²) in [6.45, 7) is 5.34. The Morgan fingerprint density at radius 3 is 0.456 bits per heavy atom. The highest BCUT2D eigenvalue weighted by Gasteiger charge is 2.34. The first-order chi connectivity index (χ1) is 42.6. The third-order valence-electron chi connectivity index (χ3n) is 15.0. The van der Waals surface area contributed by atoms with Gasteiger partial charge in [0.1, 0.15) is 0 Å². The predicted molar refractivity (Wildman–Crippen MR) is 343 cm³/mol. The van der Waals surface area contributed by atoms with Crippen LogP contribution in [0.15, 0.2) is 175 Å². The normalized spacial score (nSPS) is 18.2. The van der Waals surface area contributed by atoms with E-state index < -0.39 is 86.3 Å². The van der Waals surface area contributed by atoms with Crippen LogP contribution < -0.4 is 0 Å². The minimum Gasteiger partial charge on any atom is -0.378 e. The summed E-state index contributed by atoms with van der Waals surface area (Å²) >= 11 is 0. The molecule has 0 saturated carbocycles. The van der Waals surface area contributed by atoms with Gasteiger partial charge >= 0.3 is 0 Å². The number of aryl methyl sites for hydroxylation is 6. The summed E-state index contributed by atoms with van der Waals surface area (Å²) in [5.41, 5.74) is 4.76. The van der Waals surface area contributed by atoms with Crippen molar-refractivity contribution in [2.24, 2.45) is 0 Å². The van der Waals surface area contributed by atoms with Crippen molar-refractivity contribution in [2.75, 3.05) is 131 Å². The van der Waals surface area contributed by atoms with Crippen LogP contribution in [0.4, 0.5) is 0 Å². The van der Waals surface area contributed by atoms with Crippen molar-refractivity contribution in [1.82, 2.24) is 25.8 Å². The fourth-order valence-electron chi connectivity index (χ4n) is 9.47. The summed E-state index contributed by atoms with van der Waals surface area (Å²) in [6.07, 6.45) is 0. The molecule has 492 valence electrons. The lowest BCUT2D eigenvalue weighted by Crippen LogP contribution is -2.46. The number of hydrogen-bond donors (Lipinski definition) is 0. The minimum absolute atomic E-state index is 0.0589. The van der Waals surface area contributed by atoms with Crippen molar-refractivity contribution in [3.63, 3.8) is 0 Å². The predicted octanol–water partition coefficient (Wildman–Crippen LogP) is 6.06. The van der Waals surface area contributed by atoms with Crippen LogP contribution >= 0.6 is 0 Å². The maximum absolute atomic E-state index is 14.7. The molecule has 0 atom stereocenters. The molecule has 1 saturated heterocycles. The molecule has 0 aliphatic carbocycles. The molecule has 6 aromatic rings. The molecule has 0 spiro atoms. The molecule has 22 nitrogen and oxygen atoms in total. The van der Waals surface area contributed by atoms with Gasteiger partial charge in [-0.25, -0.2) is 50.5 Å². The molecule has 1 aliphatic heterocycles. The van der Waals surface area contributed by atoms with Gasteiger partial charge in [-0.1, -0.05) is 106 Å². The Morgan fingerprint density at radius 1 is 0.200 bits per heavy atom. The van der Waals surface area contributed by atoms with Crippen molar-refractivity contribution < 1.29 is 69.5 Å². The molecule has 28 heteroatoms. The highest BCUT2D eigenvalue weighted by atomic mass is 32.2. The molecule has 0 unspecified atom stereocenters. The van der Waals surface area contributed by atoms with Crippen LogP contribution in [0.5, 0.6) is 0 Å². The summed E-state index contributed by atoms with van der Waals surface area (Å²) in [4.78, 5) is -0.435. The number of rotatable bonds is 12. The number of hydrogen-bond acceptors (Lipinski definition) is 16. The van der Waals surface area contributed by atoms with Crippen molar-refractivity contribution in [3.8, 4) is 0 Å². The first kappa shape index (κ1) is 72.1. The fraction of sp³-hybridized carbons (Fsp3) is 0.419. The van der Waals surface area contributed by atoms with Gasteiger partial charge in [-0.2, -0.15) is 25.8 Å². The Balaban J connectivity index is 1.21. The van der Waals surface area contributed by atoms with Gasteiger partial charge in [-0.15, -0.1) is 0 Å². The van der Waals surface area contributed by atoms with Gasteiger partial charge in [0.15, 0.2) is 0 Å². The van der Waals surface area contributed by atoms with E-state index in [0.29, 0.717) is 0 Å². The van der Waals surface area contributed by atoms with Crippen LogP contribution in [0.1, 0.15) is 33.4 Å². The zero-order valence-corrected chi connectivity index (χ0v) is 56.6. The molecule has 0 aromatic heterocycles. The second-order valence-corrected chi connectivity index (χ2v) is 33.4.